The molecule has 0 aliphatic carbocycles. The zero-order chi connectivity index (χ0) is 32.2. The minimum Gasteiger partial charge on any atom is -0.322 e. The van der Waals surface area contributed by atoms with Crippen molar-refractivity contribution in [1.82, 2.24) is 29.5 Å². The zero-order valence-electron chi connectivity index (χ0n) is 26.1. The molecule has 0 saturated carbocycles. The van der Waals surface area contributed by atoms with E-state index in [4.69, 9.17) is 16.6 Å². The predicted molar refractivity (Wildman–Crippen MR) is 181 cm³/mol. The SMILES string of the molecule is CN(C)C/C=C/C(=O)Nc1cccc(N2C(=O)N(c3ccccc3)Cc3cnc(Nc4cn(C5CCN(C)CC5)nc4Cl)nc32)c1. The maximum atomic E-state index is 14.2. The number of halogens is 1. The maximum Gasteiger partial charge on any atom is 0.335 e. The molecule has 46 heavy (non-hydrogen) atoms. The number of para-hydroxylation sites is 1. The molecule has 1 fully saturated rings. The molecule has 0 bridgehead atoms. The van der Waals surface area contributed by atoms with Crippen molar-refractivity contribution in [2.75, 3.05) is 61.2 Å². The second-order valence-corrected chi connectivity index (χ2v) is 12.1. The van der Waals surface area contributed by atoms with Crippen LogP contribution in [0.3, 0.4) is 0 Å². The molecule has 3 amide bonds. The lowest BCUT2D eigenvalue weighted by atomic mass is 10.1. The van der Waals surface area contributed by atoms with E-state index in [1.54, 1.807) is 40.3 Å². The van der Waals surface area contributed by atoms with E-state index in [9.17, 15) is 9.59 Å². The van der Waals surface area contributed by atoms with Gasteiger partial charge in [-0.15, -0.1) is 0 Å². The lowest BCUT2D eigenvalue weighted by Crippen LogP contribution is -2.45. The van der Waals surface area contributed by atoms with Gasteiger partial charge in [-0.25, -0.2) is 14.7 Å². The van der Waals surface area contributed by atoms with Gasteiger partial charge in [-0.05, 0) is 77.4 Å². The Morgan fingerprint density at radius 1 is 1.09 bits per heavy atom. The number of likely N-dealkylation sites (N-methyl/N-ethyl adjacent to an activating group) is 1. The van der Waals surface area contributed by atoms with E-state index in [1.807, 2.05) is 66.3 Å². The number of amides is 3. The van der Waals surface area contributed by atoms with Crippen molar-refractivity contribution in [2.45, 2.75) is 25.4 Å². The number of rotatable bonds is 9. The van der Waals surface area contributed by atoms with Gasteiger partial charge in [0.1, 0.15) is 0 Å². The summed E-state index contributed by atoms with van der Waals surface area (Å²) in [7, 11) is 5.98. The number of benzene rings is 2. The normalized spacial score (nSPS) is 15.9. The number of carbonyl (C=O) groups excluding carboxylic acids is 2. The van der Waals surface area contributed by atoms with E-state index < -0.39 is 0 Å². The molecule has 2 N–H and O–H groups in total. The van der Waals surface area contributed by atoms with Gasteiger partial charge in [-0.3, -0.25) is 14.4 Å². The van der Waals surface area contributed by atoms with Crippen LogP contribution in [0.4, 0.5) is 39.3 Å². The number of hydrogen-bond acceptors (Lipinski definition) is 8. The van der Waals surface area contributed by atoms with E-state index >= 15 is 0 Å². The molecule has 2 aromatic heterocycles. The molecule has 0 unspecified atom stereocenters. The number of fused-ring (bicyclic) bond motifs is 1. The first kappa shape index (κ1) is 31.2. The standard InChI is InChI=1S/C33H37ClN10O2/c1-40(2)16-8-13-29(45)36-24-9-7-12-27(19-24)44-31-23(21-42(33(44)46)25-10-5-4-6-11-25)20-35-32(38-31)37-28-22-43(39-30(28)34)26-14-17-41(3)18-15-26/h4-13,19-20,22,26H,14-18,21H2,1-3H3,(H,36,45)(H,35,37,38)/b13-8+. The summed E-state index contributed by atoms with van der Waals surface area (Å²) in [6.45, 7) is 2.93. The molecule has 2 aromatic carbocycles. The van der Waals surface area contributed by atoms with Gasteiger partial charge in [-0.2, -0.15) is 10.1 Å². The number of carbonyl (C=O) groups is 2. The molecule has 4 aromatic rings. The molecule has 0 radical (unpaired) electrons. The first-order valence-corrected chi connectivity index (χ1v) is 15.6. The molecular formula is C33H37ClN10O2. The van der Waals surface area contributed by atoms with Crippen LogP contribution in [0.5, 0.6) is 0 Å². The molecular weight excluding hydrogens is 604 g/mol. The average Bonchev–Trinajstić information content (AvgIpc) is 3.41. The molecule has 12 nitrogen and oxygen atoms in total. The monoisotopic (exact) mass is 640 g/mol. The Hall–Kier alpha value is -4.78. The smallest absolute Gasteiger partial charge is 0.322 e. The number of nitrogens with zero attached hydrogens (tertiary/aromatic N) is 8. The Morgan fingerprint density at radius 3 is 2.61 bits per heavy atom. The highest BCUT2D eigenvalue weighted by Crippen LogP contribution is 2.37. The van der Waals surface area contributed by atoms with Crippen LogP contribution >= 0.6 is 11.6 Å². The predicted octanol–water partition coefficient (Wildman–Crippen LogP) is 5.67. The van der Waals surface area contributed by atoms with Gasteiger partial charge in [-0.1, -0.05) is 41.9 Å². The van der Waals surface area contributed by atoms with Crippen LogP contribution in [0.25, 0.3) is 0 Å². The molecule has 13 heteroatoms. The molecule has 4 heterocycles. The van der Waals surface area contributed by atoms with Gasteiger partial charge in [0.05, 0.1) is 30.2 Å². The molecule has 6 rings (SSSR count). The number of nitrogens with one attached hydrogen (secondary N) is 2. The van der Waals surface area contributed by atoms with Crippen molar-refractivity contribution < 1.29 is 9.59 Å². The van der Waals surface area contributed by atoms with Crippen LogP contribution in [0.2, 0.25) is 5.15 Å². The van der Waals surface area contributed by atoms with E-state index in [2.05, 4.69) is 32.7 Å². The number of hydrogen-bond donors (Lipinski definition) is 2. The van der Waals surface area contributed by atoms with Gasteiger partial charge >= 0.3 is 6.03 Å². The van der Waals surface area contributed by atoms with E-state index in [1.165, 1.54) is 6.08 Å². The molecule has 1 saturated heterocycles. The lowest BCUT2D eigenvalue weighted by molar-refractivity contribution is -0.111. The van der Waals surface area contributed by atoms with Gasteiger partial charge < -0.3 is 20.4 Å². The van der Waals surface area contributed by atoms with Gasteiger partial charge in [0.2, 0.25) is 11.9 Å². The number of urea groups is 1. The van der Waals surface area contributed by atoms with Crippen LogP contribution in [0.1, 0.15) is 24.4 Å². The largest absolute Gasteiger partial charge is 0.335 e. The summed E-state index contributed by atoms with van der Waals surface area (Å²) in [6, 6.07) is 16.6. The summed E-state index contributed by atoms with van der Waals surface area (Å²) in [4.78, 5) is 43.7. The van der Waals surface area contributed by atoms with E-state index in [-0.39, 0.29) is 30.5 Å². The van der Waals surface area contributed by atoms with Crippen molar-refractivity contribution in [3.63, 3.8) is 0 Å². The summed E-state index contributed by atoms with van der Waals surface area (Å²) in [5, 5.41) is 11.0. The van der Waals surface area contributed by atoms with Crippen molar-refractivity contribution in [3.05, 3.63) is 89.9 Å². The Morgan fingerprint density at radius 2 is 1.85 bits per heavy atom. The maximum absolute atomic E-state index is 14.2. The summed E-state index contributed by atoms with van der Waals surface area (Å²) in [5.41, 5.74) is 3.17. The Labute approximate surface area is 273 Å². The van der Waals surface area contributed by atoms with Gasteiger partial charge in [0.15, 0.2) is 11.0 Å². The molecule has 238 valence electrons. The first-order chi connectivity index (χ1) is 22.2. The van der Waals surface area contributed by atoms with Gasteiger partial charge in [0, 0.05) is 35.8 Å². The second-order valence-electron chi connectivity index (χ2n) is 11.8. The van der Waals surface area contributed by atoms with Crippen LogP contribution in [0, 0.1) is 0 Å². The van der Waals surface area contributed by atoms with E-state index in [0.717, 1.165) is 37.2 Å². The van der Waals surface area contributed by atoms with E-state index in [0.29, 0.717) is 34.6 Å². The van der Waals surface area contributed by atoms with Gasteiger partial charge in [0.25, 0.3) is 0 Å². The summed E-state index contributed by atoms with van der Waals surface area (Å²) < 4.78 is 1.92. The lowest BCUT2D eigenvalue weighted by Gasteiger charge is -2.36. The summed E-state index contributed by atoms with van der Waals surface area (Å²) in [5.74, 6) is 0.453. The zero-order valence-corrected chi connectivity index (χ0v) is 26.9. The fourth-order valence-corrected chi connectivity index (χ4v) is 5.74. The van der Waals surface area contributed by atoms with Crippen LogP contribution in [0.15, 0.2) is 79.1 Å². The summed E-state index contributed by atoms with van der Waals surface area (Å²) in [6.07, 6.45) is 8.87. The third kappa shape index (κ3) is 7.04. The van der Waals surface area contributed by atoms with Crippen LogP contribution in [-0.4, -0.2) is 82.3 Å². The Balaban J connectivity index is 1.31. The quantitative estimate of drug-likeness (QED) is 0.225. The minimum absolute atomic E-state index is 0.262. The second kappa shape index (κ2) is 13.7. The highest BCUT2D eigenvalue weighted by Gasteiger charge is 2.34. The topological polar surface area (TPSA) is 115 Å². The Bertz CT molecular complexity index is 1730. The molecule has 2 aliphatic rings. The van der Waals surface area contributed by atoms with Crippen molar-refractivity contribution in [1.29, 1.82) is 0 Å². The van der Waals surface area contributed by atoms with Crippen molar-refractivity contribution in [2.24, 2.45) is 0 Å². The van der Waals surface area contributed by atoms with Crippen LogP contribution in [-0.2, 0) is 11.3 Å². The molecule has 0 spiro atoms. The fourth-order valence-electron chi connectivity index (χ4n) is 5.55. The number of likely N-dealkylation sites (tertiary alicyclic amines) is 1. The summed E-state index contributed by atoms with van der Waals surface area (Å²) >= 11 is 6.55. The highest BCUT2D eigenvalue weighted by molar-refractivity contribution is 6.32. The first-order valence-electron chi connectivity index (χ1n) is 15.2. The number of anilines is 6. The Kier molecular flexibility index (Phi) is 9.29. The third-order valence-electron chi connectivity index (χ3n) is 7.98. The number of aromatic nitrogens is 4. The number of piperidine rings is 1. The third-order valence-corrected chi connectivity index (χ3v) is 8.26. The van der Waals surface area contributed by atoms with Crippen molar-refractivity contribution >= 4 is 58.1 Å². The van der Waals surface area contributed by atoms with Crippen LogP contribution < -0.4 is 20.4 Å². The molecule has 2 aliphatic heterocycles. The fraction of sp³-hybridized carbons (Fsp3) is 0.303. The minimum atomic E-state index is -0.286. The molecule has 0 atom stereocenters. The van der Waals surface area contributed by atoms with Crippen molar-refractivity contribution in [3.8, 4) is 0 Å². The highest BCUT2D eigenvalue weighted by atomic mass is 35.5. The average molecular weight is 641 g/mol.